The van der Waals surface area contributed by atoms with Crippen LogP contribution in [0.4, 0.5) is 0 Å². The van der Waals surface area contributed by atoms with E-state index in [2.05, 4.69) is 68.2 Å². The lowest BCUT2D eigenvalue weighted by atomic mass is 9.98. The van der Waals surface area contributed by atoms with Crippen molar-refractivity contribution in [1.29, 1.82) is 0 Å². The Labute approximate surface area is 170 Å². The van der Waals surface area contributed by atoms with Crippen LogP contribution in [0.25, 0.3) is 11.1 Å². The lowest BCUT2D eigenvalue weighted by Crippen LogP contribution is -2.37. The van der Waals surface area contributed by atoms with Crippen molar-refractivity contribution in [2.45, 2.75) is 51.5 Å². The molecule has 2 aromatic carbocycles. The Morgan fingerprint density at radius 1 is 1.00 bits per heavy atom. The van der Waals surface area contributed by atoms with E-state index >= 15 is 0 Å². The molecule has 0 N–H and O–H groups in total. The Kier molecular flexibility index (Phi) is 6.73. The van der Waals surface area contributed by atoms with Crippen LogP contribution in [0, 0.1) is 5.92 Å². The Hall–Kier alpha value is -1.91. The number of nitrogens with zero attached hydrogens (tertiary/aromatic N) is 1. The third-order valence-corrected chi connectivity index (χ3v) is 7.23. The predicted molar refractivity (Wildman–Crippen MR) is 119 cm³/mol. The fourth-order valence-corrected chi connectivity index (χ4v) is 4.50. The second-order valence-corrected chi connectivity index (χ2v) is 14.8. The van der Waals surface area contributed by atoms with E-state index in [4.69, 9.17) is 4.74 Å². The monoisotopic (exact) mass is 395 g/mol. The number of likely N-dealkylation sites (tertiary alicyclic amines) is 1. The summed E-state index contributed by atoms with van der Waals surface area (Å²) in [6.45, 7) is 10.3. The summed E-state index contributed by atoms with van der Waals surface area (Å²) in [6, 6.07) is 20.5. The molecule has 0 aliphatic carbocycles. The number of carbonyl (C=O) groups excluding carboxylic acids is 1. The molecule has 1 amide bonds. The Balaban J connectivity index is 1.60. The Morgan fingerprint density at radius 2 is 1.64 bits per heavy atom. The summed E-state index contributed by atoms with van der Waals surface area (Å²) >= 11 is 0. The molecule has 3 nitrogen and oxygen atoms in total. The van der Waals surface area contributed by atoms with Crippen LogP contribution in [0.5, 0.6) is 0 Å². The van der Waals surface area contributed by atoms with Gasteiger partial charge in [-0.05, 0) is 35.6 Å². The van der Waals surface area contributed by atoms with Gasteiger partial charge in [-0.15, -0.1) is 0 Å². The van der Waals surface area contributed by atoms with Gasteiger partial charge >= 0.3 is 0 Å². The fourth-order valence-electron chi connectivity index (χ4n) is 3.74. The molecule has 0 bridgehead atoms. The highest BCUT2D eigenvalue weighted by atomic mass is 28.3. The van der Waals surface area contributed by atoms with Gasteiger partial charge in [0.1, 0.15) is 6.73 Å². The van der Waals surface area contributed by atoms with Crippen molar-refractivity contribution in [1.82, 2.24) is 4.90 Å². The van der Waals surface area contributed by atoms with Crippen molar-refractivity contribution in [2.24, 2.45) is 5.92 Å². The van der Waals surface area contributed by atoms with Gasteiger partial charge in [0.2, 0.25) is 5.91 Å². The molecule has 3 rings (SSSR count). The first kappa shape index (κ1) is 20.8. The van der Waals surface area contributed by atoms with Gasteiger partial charge in [0, 0.05) is 26.6 Å². The van der Waals surface area contributed by atoms with Crippen molar-refractivity contribution in [3.63, 3.8) is 0 Å². The number of hydrogen-bond acceptors (Lipinski definition) is 2. The zero-order chi connectivity index (χ0) is 20.1. The first-order valence-corrected chi connectivity index (χ1v) is 14.1. The highest BCUT2D eigenvalue weighted by molar-refractivity contribution is 6.76. The van der Waals surface area contributed by atoms with E-state index < -0.39 is 8.07 Å². The quantitative estimate of drug-likeness (QED) is 0.440. The van der Waals surface area contributed by atoms with E-state index in [1.165, 1.54) is 16.7 Å². The van der Waals surface area contributed by atoms with E-state index in [-0.39, 0.29) is 17.9 Å². The zero-order valence-corrected chi connectivity index (χ0v) is 18.7. The van der Waals surface area contributed by atoms with Gasteiger partial charge in [0.05, 0.1) is 0 Å². The van der Waals surface area contributed by atoms with Gasteiger partial charge in [-0.3, -0.25) is 4.79 Å². The molecular weight excluding hydrogens is 362 g/mol. The number of hydrogen-bond donors (Lipinski definition) is 0. The summed E-state index contributed by atoms with van der Waals surface area (Å²) in [4.78, 5) is 14.5. The van der Waals surface area contributed by atoms with E-state index in [1.807, 2.05) is 17.9 Å². The molecule has 28 heavy (non-hydrogen) atoms. The van der Waals surface area contributed by atoms with Gasteiger partial charge in [-0.25, -0.2) is 0 Å². The van der Waals surface area contributed by atoms with Crippen LogP contribution in [0.3, 0.4) is 0 Å². The van der Waals surface area contributed by atoms with E-state index in [1.54, 1.807) is 0 Å². The Bertz CT molecular complexity index is 767. The SMILES string of the molecule is CC1C[C@@H](Cc2ccc(-c3ccccc3)cc2)N(COCC[Si](C)(C)C)C1=O. The highest BCUT2D eigenvalue weighted by Gasteiger charge is 2.36. The largest absolute Gasteiger partial charge is 0.361 e. The molecule has 2 atom stereocenters. The third-order valence-electron chi connectivity index (χ3n) is 5.53. The number of carbonyl (C=O) groups is 1. The number of benzene rings is 2. The molecule has 1 aliphatic heterocycles. The molecule has 150 valence electrons. The normalized spacial score (nSPS) is 20.0. The van der Waals surface area contributed by atoms with E-state index in [9.17, 15) is 4.79 Å². The van der Waals surface area contributed by atoms with Gasteiger partial charge in [0.25, 0.3) is 0 Å². The van der Waals surface area contributed by atoms with Crippen molar-refractivity contribution >= 4 is 14.0 Å². The van der Waals surface area contributed by atoms with Crippen LogP contribution in [-0.2, 0) is 16.0 Å². The number of rotatable bonds is 8. The van der Waals surface area contributed by atoms with Crippen LogP contribution in [0.1, 0.15) is 18.9 Å². The van der Waals surface area contributed by atoms with Crippen molar-refractivity contribution in [2.75, 3.05) is 13.3 Å². The maximum absolute atomic E-state index is 12.6. The minimum atomic E-state index is -1.10. The van der Waals surface area contributed by atoms with Gasteiger partial charge in [-0.2, -0.15) is 0 Å². The van der Waals surface area contributed by atoms with Crippen LogP contribution in [-0.4, -0.2) is 38.3 Å². The lowest BCUT2D eigenvalue weighted by molar-refractivity contribution is -0.136. The summed E-state index contributed by atoms with van der Waals surface area (Å²) in [7, 11) is -1.10. The molecule has 0 saturated carbocycles. The number of amides is 1. The first-order valence-electron chi connectivity index (χ1n) is 10.4. The smallest absolute Gasteiger partial charge is 0.227 e. The highest BCUT2D eigenvalue weighted by Crippen LogP contribution is 2.28. The summed E-state index contributed by atoms with van der Waals surface area (Å²) in [5.41, 5.74) is 3.74. The van der Waals surface area contributed by atoms with Crippen LogP contribution in [0.15, 0.2) is 54.6 Å². The molecule has 1 fully saturated rings. The van der Waals surface area contributed by atoms with Crippen molar-refractivity contribution in [3.05, 3.63) is 60.2 Å². The molecule has 1 aliphatic rings. The Morgan fingerprint density at radius 3 is 2.29 bits per heavy atom. The summed E-state index contributed by atoms with van der Waals surface area (Å²) in [6.07, 6.45) is 1.80. The maximum atomic E-state index is 12.6. The van der Waals surface area contributed by atoms with Gasteiger partial charge in [0.15, 0.2) is 0 Å². The molecule has 0 aromatic heterocycles. The lowest BCUT2D eigenvalue weighted by Gasteiger charge is -2.25. The van der Waals surface area contributed by atoms with Crippen LogP contribution in [0.2, 0.25) is 25.7 Å². The van der Waals surface area contributed by atoms with Crippen LogP contribution < -0.4 is 0 Å². The molecular formula is C24H33NO2Si. The van der Waals surface area contributed by atoms with Crippen molar-refractivity contribution < 1.29 is 9.53 Å². The minimum Gasteiger partial charge on any atom is -0.361 e. The van der Waals surface area contributed by atoms with Crippen LogP contribution >= 0.6 is 0 Å². The molecule has 4 heteroatoms. The average Bonchev–Trinajstić information content (AvgIpc) is 2.93. The summed E-state index contributed by atoms with van der Waals surface area (Å²) in [5, 5.41) is 0. The molecule has 1 heterocycles. The molecule has 0 spiro atoms. The number of ether oxygens (including phenoxy) is 1. The molecule has 0 radical (unpaired) electrons. The first-order chi connectivity index (χ1) is 13.3. The maximum Gasteiger partial charge on any atom is 0.227 e. The second-order valence-electron chi connectivity index (χ2n) is 9.21. The van der Waals surface area contributed by atoms with Crippen molar-refractivity contribution in [3.8, 4) is 11.1 Å². The van der Waals surface area contributed by atoms with E-state index in [0.717, 1.165) is 25.5 Å². The third kappa shape index (κ3) is 5.55. The van der Waals surface area contributed by atoms with E-state index in [0.29, 0.717) is 6.73 Å². The van der Waals surface area contributed by atoms with Gasteiger partial charge < -0.3 is 9.64 Å². The fraction of sp³-hybridized carbons (Fsp3) is 0.458. The standard InChI is InChI=1S/C24H33NO2Si/c1-19-16-23(25(24(19)26)18-27-14-15-28(2,3)4)17-20-10-12-22(13-11-20)21-8-6-5-7-9-21/h5-13,19,23H,14-18H2,1-4H3/t19?,23-/m0/s1. The zero-order valence-electron chi connectivity index (χ0n) is 17.7. The summed E-state index contributed by atoms with van der Waals surface area (Å²) in [5.74, 6) is 0.327. The second kappa shape index (κ2) is 9.06. The predicted octanol–water partition coefficient (Wildman–Crippen LogP) is 5.45. The minimum absolute atomic E-state index is 0.0918. The molecule has 1 saturated heterocycles. The average molecular weight is 396 g/mol. The molecule has 2 aromatic rings. The summed E-state index contributed by atoms with van der Waals surface area (Å²) < 4.78 is 5.90. The molecule has 1 unspecified atom stereocenters. The topological polar surface area (TPSA) is 29.5 Å². The van der Waals surface area contributed by atoms with Gasteiger partial charge in [-0.1, -0.05) is 81.2 Å².